The number of aromatic carboxylic acids is 1. The van der Waals surface area contributed by atoms with E-state index >= 15 is 0 Å². The van der Waals surface area contributed by atoms with E-state index in [-0.39, 0.29) is 24.8 Å². The number of aliphatic carboxylic acids is 1. The van der Waals surface area contributed by atoms with E-state index in [1.807, 2.05) is 55.5 Å². The van der Waals surface area contributed by atoms with Gasteiger partial charge in [-0.2, -0.15) is 13.2 Å². The SMILES string of the molecule is Cc1ccccc1NC(=O)N(CCO[C@@H]1CCC[C@H](OCc2cccc(C)c2C(=O)O)C1)Cc1cccnc1.O=C(O)C(F)(F)F. The normalized spacial score (nSPS) is 16.1. The molecule has 0 bridgehead atoms. The van der Waals surface area contributed by atoms with Gasteiger partial charge in [0.15, 0.2) is 0 Å². The van der Waals surface area contributed by atoms with Gasteiger partial charge in [0, 0.05) is 31.2 Å². The minimum Gasteiger partial charge on any atom is -0.478 e. The van der Waals surface area contributed by atoms with Crippen LogP contribution in [0.4, 0.5) is 23.7 Å². The molecule has 1 saturated carbocycles. The molecule has 46 heavy (non-hydrogen) atoms. The number of aromatic nitrogens is 1. The van der Waals surface area contributed by atoms with Crippen LogP contribution in [0.3, 0.4) is 0 Å². The Bertz CT molecular complexity index is 1450. The van der Waals surface area contributed by atoms with E-state index in [0.29, 0.717) is 30.8 Å². The number of para-hydroxylation sites is 1. The Morgan fingerprint density at radius 3 is 2.26 bits per heavy atom. The van der Waals surface area contributed by atoms with Gasteiger partial charge in [-0.3, -0.25) is 4.98 Å². The lowest BCUT2D eigenvalue weighted by Crippen LogP contribution is -2.38. The highest BCUT2D eigenvalue weighted by Crippen LogP contribution is 2.26. The Morgan fingerprint density at radius 2 is 1.63 bits per heavy atom. The third-order valence-electron chi connectivity index (χ3n) is 7.35. The Balaban J connectivity index is 0.000000738. The largest absolute Gasteiger partial charge is 0.490 e. The number of pyridine rings is 1. The van der Waals surface area contributed by atoms with Crippen LogP contribution in [0.25, 0.3) is 0 Å². The molecule has 2 amide bonds. The van der Waals surface area contributed by atoms with Crippen molar-refractivity contribution in [1.29, 1.82) is 0 Å². The minimum absolute atomic E-state index is 0.00163. The molecule has 3 aromatic rings. The number of urea groups is 1. The number of carbonyl (C=O) groups excluding carboxylic acids is 1. The monoisotopic (exact) mass is 645 g/mol. The number of nitrogens with zero attached hydrogens (tertiary/aromatic N) is 2. The summed E-state index contributed by atoms with van der Waals surface area (Å²) in [7, 11) is 0. The molecule has 0 aliphatic heterocycles. The fraction of sp³-hybridized carbons (Fsp3) is 0.394. The molecule has 0 radical (unpaired) electrons. The number of anilines is 1. The number of carboxylic acid groups (broad SMARTS) is 2. The van der Waals surface area contributed by atoms with Crippen molar-refractivity contribution in [3.05, 3.63) is 94.8 Å². The predicted molar refractivity (Wildman–Crippen MR) is 163 cm³/mol. The quantitative estimate of drug-likeness (QED) is 0.212. The second kappa shape index (κ2) is 17.3. The van der Waals surface area contributed by atoms with Gasteiger partial charge in [-0.1, -0.05) is 42.5 Å². The van der Waals surface area contributed by atoms with Crippen molar-refractivity contribution in [3.8, 4) is 0 Å². The average Bonchev–Trinajstić information content (AvgIpc) is 3.01. The molecule has 1 aliphatic carbocycles. The molecular weight excluding hydrogens is 607 g/mol. The maximum absolute atomic E-state index is 13.2. The first kappa shape index (κ1) is 36.0. The number of carbonyl (C=O) groups is 3. The number of ether oxygens (including phenoxy) is 2. The van der Waals surface area contributed by atoms with Crippen molar-refractivity contribution in [2.24, 2.45) is 0 Å². The molecule has 248 valence electrons. The zero-order valence-corrected chi connectivity index (χ0v) is 25.6. The minimum atomic E-state index is -5.08. The standard InChI is InChI=1S/C31H37N3O5.C2HF3O2/c1-22-8-3-4-14-28(22)33-31(37)34(20-24-10-7-15-32-19-24)16-17-38-26-12-6-13-27(18-26)39-21-25-11-5-9-23(2)29(25)30(35)36;3-2(4,5)1(6)7/h3-5,7-11,14-15,19,26-27H,6,12-13,16-18,20-21H2,1-2H3,(H,33,37)(H,35,36);(H,6,7)/t26-,27+;/m1./s1. The van der Waals surface area contributed by atoms with Crippen molar-refractivity contribution in [3.63, 3.8) is 0 Å². The van der Waals surface area contributed by atoms with Crippen molar-refractivity contribution in [2.45, 2.75) is 71.1 Å². The summed E-state index contributed by atoms with van der Waals surface area (Å²) in [6, 6.07) is 16.8. The molecule has 1 fully saturated rings. The second-order valence-electron chi connectivity index (χ2n) is 10.8. The Labute approximate surface area is 265 Å². The Morgan fingerprint density at radius 1 is 0.957 bits per heavy atom. The summed E-state index contributed by atoms with van der Waals surface area (Å²) in [5.41, 5.74) is 4.47. The molecule has 4 rings (SSSR count). The van der Waals surface area contributed by atoms with Crippen LogP contribution in [0.1, 0.15) is 58.3 Å². The molecule has 1 aromatic heterocycles. The lowest BCUT2D eigenvalue weighted by atomic mass is 9.94. The number of aryl methyl sites for hydroxylation is 2. The molecule has 0 spiro atoms. The van der Waals surface area contributed by atoms with E-state index in [9.17, 15) is 27.9 Å². The van der Waals surface area contributed by atoms with E-state index in [2.05, 4.69) is 10.3 Å². The van der Waals surface area contributed by atoms with Gasteiger partial charge in [0.2, 0.25) is 0 Å². The number of carboxylic acids is 2. The number of hydrogen-bond acceptors (Lipinski definition) is 6. The van der Waals surface area contributed by atoms with Crippen LogP contribution in [-0.4, -0.2) is 69.6 Å². The maximum Gasteiger partial charge on any atom is 0.490 e. The van der Waals surface area contributed by atoms with Gasteiger partial charge in [-0.25, -0.2) is 14.4 Å². The summed E-state index contributed by atoms with van der Waals surface area (Å²) in [4.78, 5) is 39.7. The fourth-order valence-electron chi connectivity index (χ4n) is 4.97. The van der Waals surface area contributed by atoms with E-state index < -0.39 is 18.1 Å². The molecule has 1 heterocycles. The lowest BCUT2D eigenvalue weighted by molar-refractivity contribution is -0.192. The van der Waals surface area contributed by atoms with Gasteiger partial charge in [0.25, 0.3) is 0 Å². The first-order valence-electron chi connectivity index (χ1n) is 14.7. The van der Waals surface area contributed by atoms with Gasteiger partial charge in [0.1, 0.15) is 0 Å². The first-order chi connectivity index (χ1) is 21.8. The highest BCUT2D eigenvalue weighted by Gasteiger charge is 2.38. The summed E-state index contributed by atoms with van der Waals surface area (Å²) in [6.45, 7) is 5.29. The number of halogens is 3. The third kappa shape index (κ3) is 11.5. The first-order valence-corrected chi connectivity index (χ1v) is 14.7. The summed E-state index contributed by atoms with van der Waals surface area (Å²) in [6.07, 6.45) is 1.99. The summed E-state index contributed by atoms with van der Waals surface area (Å²) < 4.78 is 44.1. The van der Waals surface area contributed by atoms with E-state index in [4.69, 9.17) is 19.4 Å². The summed E-state index contributed by atoms with van der Waals surface area (Å²) in [5, 5.41) is 19.7. The van der Waals surface area contributed by atoms with Crippen LogP contribution < -0.4 is 5.32 Å². The van der Waals surface area contributed by atoms with E-state index in [0.717, 1.165) is 48.1 Å². The van der Waals surface area contributed by atoms with Crippen LogP contribution in [0.15, 0.2) is 67.0 Å². The van der Waals surface area contributed by atoms with Crippen molar-refractivity contribution in [1.82, 2.24) is 9.88 Å². The second-order valence-corrected chi connectivity index (χ2v) is 10.8. The smallest absolute Gasteiger partial charge is 0.478 e. The predicted octanol–water partition coefficient (Wildman–Crippen LogP) is 6.61. The molecule has 2 atom stereocenters. The average molecular weight is 646 g/mol. The van der Waals surface area contributed by atoms with Crippen LogP contribution in [-0.2, 0) is 27.4 Å². The summed E-state index contributed by atoms with van der Waals surface area (Å²) in [5.74, 6) is -3.69. The van der Waals surface area contributed by atoms with E-state index in [1.54, 1.807) is 30.3 Å². The molecule has 13 heteroatoms. The maximum atomic E-state index is 13.2. The van der Waals surface area contributed by atoms with E-state index in [1.165, 1.54) is 0 Å². The number of rotatable bonds is 11. The van der Waals surface area contributed by atoms with Crippen molar-refractivity contribution < 1.29 is 47.2 Å². The molecule has 3 N–H and O–H groups in total. The molecule has 0 saturated heterocycles. The highest BCUT2D eigenvalue weighted by atomic mass is 19.4. The van der Waals surface area contributed by atoms with Crippen LogP contribution >= 0.6 is 0 Å². The van der Waals surface area contributed by atoms with Gasteiger partial charge in [-0.05, 0) is 73.9 Å². The Kier molecular flexibility index (Phi) is 13.5. The number of nitrogens with one attached hydrogen (secondary N) is 1. The molecule has 10 nitrogen and oxygen atoms in total. The van der Waals surface area contributed by atoms with Crippen LogP contribution in [0.2, 0.25) is 0 Å². The third-order valence-corrected chi connectivity index (χ3v) is 7.35. The van der Waals surface area contributed by atoms with Gasteiger partial charge < -0.3 is 29.9 Å². The fourth-order valence-corrected chi connectivity index (χ4v) is 4.97. The van der Waals surface area contributed by atoms with Crippen LogP contribution in [0.5, 0.6) is 0 Å². The topological polar surface area (TPSA) is 138 Å². The number of alkyl halides is 3. The summed E-state index contributed by atoms with van der Waals surface area (Å²) >= 11 is 0. The van der Waals surface area contributed by atoms with Gasteiger partial charge in [-0.15, -0.1) is 0 Å². The zero-order valence-electron chi connectivity index (χ0n) is 25.6. The van der Waals surface area contributed by atoms with Crippen LogP contribution in [0, 0.1) is 13.8 Å². The Hall–Kier alpha value is -4.49. The zero-order chi connectivity index (χ0) is 33.7. The molecule has 1 aliphatic rings. The van der Waals surface area contributed by atoms with Crippen molar-refractivity contribution >= 4 is 23.7 Å². The van der Waals surface area contributed by atoms with Crippen molar-refractivity contribution in [2.75, 3.05) is 18.5 Å². The molecule has 2 aromatic carbocycles. The molecular formula is C33H38F3N3O7. The number of hydrogen-bond donors (Lipinski definition) is 3. The molecule has 0 unspecified atom stereocenters. The van der Waals surface area contributed by atoms with Gasteiger partial charge >= 0.3 is 24.1 Å². The number of amides is 2. The lowest BCUT2D eigenvalue weighted by Gasteiger charge is -2.30. The van der Waals surface area contributed by atoms with Gasteiger partial charge in [0.05, 0.1) is 31.0 Å². The highest BCUT2D eigenvalue weighted by molar-refractivity contribution is 5.91. The number of benzene rings is 2.